The highest BCUT2D eigenvalue weighted by Crippen LogP contribution is 2.27. The average molecular weight is 307 g/mol. The lowest BCUT2D eigenvalue weighted by atomic mass is 9.91. The van der Waals surface area contributed by atoms with Gasteiger partial charge in [0.2, 0.25) is 5.91 Å². The lowest BCUT2D eigenvalue weighted by Crippen LogP contribution is -2.51. The smallest absolute Gasteiger partial charge is 0.229 e. The number of aromatic amines is 1. The van der Waals surface area contributed by atoms with E-state index < -0.39 is 6.10 Å². The van der Waals surface area contributed by atoms with E-state index in [2.05, 4.69) is 20.1 Å². The van der Waals surface area contributed by atoms with Crippen molar-refractivity contribution in [3.63, 3.8) is 0 Å². The summed E-state index contributed by atoms with van der Waals surface area (Å²) < 4.78 is 0. The molecule has 22 heavy (non-hydrogen) atoms. The van der Waals surface area contributed by atoms with Gasteiger partial charge in [-0.25, -0.2) is 4.98 Å². The number of H-pyrrole nitrogens is 1. The molecular formula is C15H25N5O2. The number of amides is 1. The van der Waals surface area contributed by atoms with Crippen LogP contribution < -0.4 is 0 Å². The van der Waals surface area contributed by atoms with Gasteiger partial charge in [-0.3, -0.25) is 9.89 Å². The number of carbonyl (C=O) groups is 1. The quantitative estimate of drug-likeness (QED) is 0.811. The second kappa shape index (κ2) is 6.34. The van der Waals surface area contributed by atoms with Crippen molar-refractivity contribution in [2.75, 3.05) is 33.2 Å². The fourth-order valence-electron chi connectivity index (χ4n) is 3.48. The van der Waals surface area contributed by atoms with Crippen molar-refractivity contribution in [1.29, 1.82) is 0 Å². The topological polar surface area (TPSA) is 85.3 Å². The van der Waals surface area contributed by atoms with Crippen LogP contribution in [0.15, 0.2) is 0 Å². The SMILES string of the molecule is Cc1nc(C2CCN(C(=O)[C@@H]3CN(C)CC[C@@H]3O)CC2)n[nH]1. The Morgan fingerprint density at radius 3 is 2.64 bits per heavy atom. The highest BCUT2D eigenvalue weighted by molar-refractivity contribution is 5.80. The molecule has 2 fully saturated rings. The molecule has 2 N–H and O–H groups in total. The van der Waals surface area contributed by atoms with Gasteiger partial charge in [0.05, 0.1) is 12.0 Å². The molecule has 1 amide bonds. The van der Waals surface area contributed by atoms with E-state index in [-0.39, 0.29) is 11.8 Å². The van der Waals surface area contributed by atoms with Gasteiger partial charge in [-0.1, -0.05) is 0 Å². The number of hydrogen-bond acceptors (Lipinski definition) is 5. The van der Waals surface area contributed by atoms with Crippen molar-refractivity contribution >= 4 is 5.91 Å². The first-order chi connectivity index (χ1) is 10.5. The summed E-state index contributed by atoms with van der Waals surface area (Å²) in [5, 5.41) is 17.2. The van der Waals surface area contributed by atoms with Crippen LogP contribution in [0.25, 0.3) is 0 Å². The normalized spacial score (nSPS) is 28.0. The van der Waals surface area contributed by atoms with E-state index in [1.165, 1.54) is 0 Å². The van der Waals surface area contributed by atoms with Gasteiger partial charge in [0.1, 0.15) is 5.82 Å². The molecule has 0 radical (unpaired) electrons. The molecule has 0 saturated carbocycles. The number of aliphatic hydroxyl groups is 1. The van der Waals surface area contributed by atoms with Crippen LogP contribution in [0.2, 0.25) is 0 Å². The Morgan fingerprint density at radius 1 is 1.27 bits per heavy atom. The molecule has 2 atom stereocenters. The summed E-state index contributed by atoms with van der Waals surface area (Å²) in [5.41, 5.74) is 0. The first kappa shape index (κ1) is 15.4. The third-order valence-electron chi connectivity index (χ3n) is 4.88. The third kappa shape index (κ3) is 3.15. The largest absolute Gasteiger partial charge is 0.392 e. The van der Waals surface area contributed by atoms with Gasteiger partial charge in [0.15, 0.2) is 5.82 Å². The highest BCUT2D eigenvalue weighted by atomic mass is 16.3. The lowest BCUT2D eigenvalue weighted by Gasteiger charge is -2.38. The Hall–Kier alpha value is -1.47. The van der Waals surface area contributed by atoms with Crippen LogP contribution in [0, 0.1) is 12.8 Å². The van der Waals surface area contributed by atoms with Crippen LogP contribution in [0.1, 0.15) is 36.8 Å². The van der Waals surface area contributed by atoms with Crippen molar-refractivity contribution in [3.05, 3.63) is 11.6 Å². The molecule has 2 aliphatic rings. The fraction of sp³-hybridized carbons (Fsp3) is 0.800. The number of aliphatic hydroxyl groups excluding tert-OH is 1. The first-order valence-corrected chi connectivity index (χ1v) is 8.09. The van der Waals surface area contributed by atoms with Crippen molar-refractivity contribution in [2.24, 2.45) is 5.92 Å². The Kier molecular flexibility index (Phi) is 4.44. The zero-order valence-electron chi connectivity index (χ0n) is 13.3. The van der Waals surface area contributed by atoms with Crippen LogP contribution in [0.3, 0.4) is 0 Å². The molecule has 2 aliphatic heterocycles. The number of aryl methyl sites for hydroxylation is 1. The maximum Gasteiger partial charge on any atom is 0.229 e. The van der Waals surface area contributed by atoms with Gasteiger partial charge in [-0.05, 0) is 33.2 Å². The van der Waals surface area contributed by atoms with E-state index in [1.807, 2.05) is 18.9 Å². The van der Waals surface area contributed by atoms with E-state index in [1.54, 1.807) is 0 Å². The number of likely N-dealkylation sites (tertiary alicyclic amines) is 2. The number of nitrogens with one attached hydrogen (secondary N) is 1. The molecule has 0 bridgehead atoms. The molecule has 3 heterocycles. The molecule has 0 spiro atoms. The summed E-state index contributed by atoms with van der Waals surface area (Å²) >= 11 is 0. The zero-order valence-corrected chi connectivity index (χ0v) is 13.3. The predicted molar refractivity (Wildman–Crippen MR) is 81.3 cm³/mol. The van der Waals surface area contributed by atoms with Gasteiger partial charge < -0.3 is 14.9 Å². The highest BCUT2D eigenvalue weighted by Gasteiger charge is 2.36. The van der Waals surface area contributed by atoms with E-state index in [0.29, 0.717) is 18.9 Å². The number of rotatable bonds is 2. The summed E-state index contributed by atoms with van der Waals surface area (Å²) in [6, 6.07) is 0. The Balaban J connectivity index is 1.57. The summed E-state index contributed by atoms with van der Waals surface area (Å²) in [5.74, 6) is 1.85. The molecule has 0 unspecified atom stereocenters. The zero-order chi connectivity index (χ0) is 15.7. The van der Waals surface area contributed by atoms with Gasteiger partial charge in [-0.2, -0.15) is 5.10 Å². The monoisotopic (exact) mass is 307 g/mol. The molecule has 122 valence electrons. The molecule has 0 aliphatic carbocycles. The van der Waals surface area contributed by atoms with Crippen LogP contribution >= 0.6 is 0 Å². The molecule has 3 rings (SSSR count). The number of carbonyl (C=O) groups excluding carboxylic acids is 1. The van der Waals surface area contributed by atoms with Crippen molar-refractivity contribution in [1.82, 2.24) is 25.0 Å². The minimum absolute atomic E-state index is 0.101. The molecule has 2 saturated heterocycles. The van der Waals surface area contributed by atoms with E-state index >= 15 is 0 Å². The predicted octanol–water partition coefficient (Wildman–Crippen LogP) is 0.132. The van der Waals surface area contributed by atoms with E-state index in [9.17, 15) is 9.90 Å². The maximum atomic E-state index is 12.7. The lowest BCUT2D eigenvalue weighted by molar-refractivity contribution is -0.143. The fourth-order valence-corrected chi connectivity index (χ4v) is 3.48. The summed E-state index contributed by atoms with van der Waals surface area (Å²) in [7, 11) is 2.00. The number of hydrogen-bond donors (Lipinski definition) is 2. The van der Waals surface area contributed by atoms with Gasteiger partial charge in [-0.15, -0.1) is 0 Å². The van der Waals surface area contributed by atoms with Crippen LogP contribution in [0.5, 0.6) is 0 Å². The van der Waals surface area contributed by atoms with Crippen LogP contribution in [-0.2, 0) is 4.79 Å². The van der Waals surface area contributed by atoms with Gasteiger partial charge >= 0.3 is 0 Å². The maximum absolute atomic E-state index is 12.7. The Bertz CT molecular complexity index is 524. The van der Waals surface area contributed by atoms with Gasteiger partial charge in [0.25, 0.3) is 0 Å². The number of piperidine rings is 2. The third-order valence-corrected chi connectivity index (χ3v) is 4.88. The second-order valence-electron chi connectivity index (χ2n) is 6.60. The van der Waals surface area contributed by atoms with Crippen LogP contribution in [-0.4, -0.2) is 75.3 Å². The molecule has 7 nitrogen and oxygen atoms in total. The number of nitrogens with zero attached hydrogens (tertiary/aromatic N) is 4. The summed E-state index contributed by atoms with van der Waals surface area (Å²) in [6.07, 6.45) is 1.96. The van der Waals surface area contributed by atoms with Crippen LogP contribution in [0.4, 0.5) is 0 Å². The molecule has 1 aromatic rings. The van der Waals surface area contributed by atoms with Crippen molar-refractivity contribution < 1.29 is 9.90 Å². The molecule has 0 aromatic carbocycles. The van der Waals surface area contributed by atoms with Crippen molar-refractivity contribution in [2.45, 2.75) is 38.2 Å². The molecule has 7 heteroatoms. The number of aromatic nitrogens is 3. The molecule has 1 aromatic heterocycles. The Labute approximate surface area is 130 Å². The van der Waals surface area contributed by atoms with E-state index in [0.717, 1.165) is 44.1 Å². The second-order valence-corrected chi connectivity index (χ2v) is 6.60. The summed E-state index contributed by atoms with van der Waals surface area (Å²) in [4.78, 5) is 21.1. The first-order valence-electron chi connectivity index (χ1n) is 8.09. The van der Waals surface area contributed by atoms with E-state index in [4.69, 9.17) is 0 Å². The van der Waals surface area contributed by atoms with Gasteiger partial charge in [0, 0.05) is 32.1 Å². The minimum Gasteiger partial charge on any atom is -0.392 e. The Morgan fingerprint density at radius 2 is 2.00 bits per heavy atom. The minimum atomic E-state index is -0.503. The van der Waals surface area contributed by atoms with Crippen molar-refractivity contribution in [3.8, 4) is 0 Å². The standard InChI is InChI=1S/C15H25N5O2/c1-10-16-14(18-17-10)11-3-7-20(8-4-11)15(22)12-9-19(2)6-5-13(12)21/h11-13,21H,3-9H2,1-2H3,(H,16,17,18)/t12-,13+/m1/s1. The summed E-state index contributed by atoms with van der Waals surface area (Å²) in [6.45, 7) is 4.86. The average Bonchev–Trinajstić information content (AvgIpc) is 2.96. The molecular weight excluding hydrogens is 282 g/mol.